The van der Waals surface area contributed by atoms with Crippen molar-refractivity contribution in [1.82, 2.24) is 4.98 Å². The Labute approximate surface area is 167 Å². The quantitative estimate of drug-likeness (QED) is 0.262. The van der Waals surface area contributed by atoms with Crippen LogP contribution in [0.25, 0.3) is 64.9 Å². The van der Waals surface area contributed by atoms with Gasteiger partial charge in [0.05, 0.1) is 0 Å². The molecule has 6 aromatic carbocycles. The maximum atomic E-state index is 3.68. The van der Waals surface area contributed by atoms with Crippen molar-refractivity contribution in [2.24, 2.45) is 0 Å². The van der Waals surface area contributed by atoms with Gasteiger partial charge in [-0.15, -0.1) is 0 Å². The molecule has 29 heavy (non-hydrogen) atoms. The van der Waals surface area contributed by atoms with Gasteiger partial charge in [-0.1, -0.05) is 84.9 Å². The number of rotatable bonds is 0. The minimum absolute atomic E-state index is 1.20. The molecule has 1 N–H and O–H groups in total. The Bertz CT molecular complexity index is 1720. The zero-order valence-electron chi connectivity index (χ0n) is 15.7. The van der Waals surface area contributed by atoms with E-state index < -0.39 is 0 Å². The second-order valence-corrected chi connectivity index (χ2v) is 7.84. The fraction of sp³-hybridized carbons (Fsp3) is 0. The lowest BCUT2D eigenvalue weighted by Crippen LogP contribution is -1.84. The van der Waals surface area contributed by atoms with E-state index in [1.54, 1.807) is 0 Å². The van der Waals surface area contributed by atoms with Gasteiger partial charge in [0, 0.05) is 27.2 Å². The van der Waals surface area contributed by atoms with Crippen LogP contribution in [0.2, 0.25) is 0 Å². The Morgan fingerprint density at radius 1 is 0.345 bits per heavy atom. The van der Waals surface area contributed by atoms with E-state index in [2.05, 4.69) is 102 Å². The van der Waals surface area contributed by atoms with Crippen molar-refractivity contribution in [2.75, 3.05) is 0 Å². The molecular weight excluding hydrogens is 350 g/mol. The molecule has 0 fully saturated rings. The predicted molar refractivity (Wildman–Crippen MR) is 126 cm³/mol. The molecule has 0 bridgehead atoms. The largest absolute Gasteiger partial charge is 0.354 e. The number of hydrogen-bond donors (Lipinski definition) is 1. The fourth-order valence-electron chi connectivity index (χ4n) is 5.15. The van der Waals surface area contributed by atoms with Gasteiger partial charge in [0.1, 0.15) is 0 Å². The van der Waals surface area contributed by atoms with E-state index in [0.717, 1.165) is 0 Å². The van der Waals surface area contributed by atoms with Gasteiger partial charge in [0.2, 0.25) is 0 Å². The molecule has 1 heterocycles. The van der Waals surface area contributed by atoms with Gasteiger partial charge < -0.3 is 4.98 Å². The van der Waals surface area contributed by atoms with Crippen molar-refractivity contribution in [3.05, 3.63) is 97.1 Å². The summed E-state index contributed by atoms with van der Waals surface area (Å²) in [5.41, 5.74) is 2.40. The number of nitrogens with one attached hydrogen (secondary N) is 1. The third-order valence-electron chi connectivity index (χ3n) is 6.36. The van der Waals surface area contributed by atoms with Crippen molar-refractivity contribution in [3.8, 4) is 0 Å². The van der Waals surface area contributed by atoms with Crippen LogP contribution in [0.1, 0.15) is 0 Å². The van der Waals surface area contributed by atoms with Gasteiger partial charge in [-0.3, -0.25) is 0 Å². The highest BCUT2D eigenvalue weighted by Crippen LogP contribution is 2.42. The lowest BCUT2D eigenvalue weighted by Gasteiger charge is -2.12. The van der Waals surface area contributed by atoms with Gasteiger partial charge in [-0.05, 0) is 49.8 Å². The van der Waals surface area contributed by atoms with Crippen LogP contribution in [0.15, 0.2) is 97.1 Å². The van der Waals surface area contributed by atoms with Crippen molar-refractivity contribution < 1.29 is 0 Å². The molecular formula is C28H17N. The van der Waals surface area contributed by atoms with Crippen LogP contribution in [0, 0.1) is 0 Å². The number of hydrogen-bond acceptors (Lipinski definition) is 0. The number of aromatic nitrogens is 1. The number of benzene rings is 6. The lowest BCUT2D eigenvalue weighted by atomic mass is 9.91. The molecule has 0 saturated heterocycles. The van der Waals surface area contributed by atoms with Crippen molar-refractivity contribution in [1.29, 1.82) is 0 Å². The van der Waals surface area contributed by atoms with Gasteiger partial charge in [0.15, 0.2) is 0 Å². The summed E-state index contributed by atoms with van der Waals surface area (Å²) < 4.78 is 0. The second-order valence-electron chi connectivity index (χ2n) is 7.84. The Kier molecular flexibility index (Phi) is 2.80. The SMILES string of the molecule is c1ccc2c(c1)ccc1[nH]c3ccc4c5ccccc5c5ccccc5c4c3c12. The molecule has 0 aliphatic heterocycles. The molecule has 0 atom stereocenters. The number of fused-ring (bicyclic) bond motifs is 12. The van der Waals surface area contributed by atoms with Crippen molar-refractivity contribution in [2.45, 2.75) is 0 Å². The summed E-state index contributed by atoms with van der Waals surface area (Å²) in [4.78, 5) is 3.68. The van der Waals surface area contributed by atoms with Gasteiger partial charge >= 0.3 is 0 Å². The molecule has 0 unspecified atom stereocenters. The summed E-state index contributed by atoms with van der Waals surface area (Å²) in [6, 6.07) is 35.2. The normalized spacial score (nSPS) is 12.1. The van der Waals surface area contributed by atoms with Gasteiger partial charge in [-0.2, -0.15) is 0 Å². The summed E-state index contributed by atoms with van der Waals surface area (Å²) in [6.07, 6.45) is 0. The summed E-state index contributed by atoms with van der Waals surface area (Å²) in [5, 5.41) is 13.2. The molecule has 0 saturated carbocycles. The Balaban J connectivity index is 1.90. The molecule has 0 spiro atoms. The lowest BCUT2D eigenvalue weighted by molar-refractivity contribution is 1.56. The van der Waals surface area contributed by atoms with E-state index in [0.29, 0.717) is 0 Å². The summed E-state index contributed by atoms with van der Waals surface area (Å²) >= 11 is 0. The second kappa shape index (κ2) is 5.36. The molecule has 0 aliphatic rings. The molecule has 1 aromatic heterocycles. The van der Waals surface area contributed by atoms with Crippen molar-refractivity contribution in [3.63, 3.8) is 0 Å². The topological polar surface area (TPSA) is 15.8 Å². The minimum atomic E-state index is 1.20. The zero-order valence-corrected chi connectivity index (χ0v) is 15.7. The van der Waals surface area contributed by atoms with Crippen LogP contribution in [-0.4, -0.2) is 4.98 Å². The molecule has 0 aliphatic carbocycles. The van der Waals surface area contributed by atoms with Crippen LogP contribution in [0.3, 0.4) is 0 Å². The molecule has 1 nitrogen and oxygen atoms in total. The minimum Gasteiger partial charge on any atom is -0.354 e. The Morgan fingerprint density at radius 2 is 0.862 bits per heavy atom. The highest BCUT2D eigenvalue weighted by molar-refractivity contribution is 6.37. The first-order valence-electron chi connectivity index (χ1n) is 10.1. The van der Waals surface area contributed by atoms with E-state index in [4.69, 9.17) is 0 Å². The average molecular weight is 367 g/mol. The molecule has 7 aromatic rings. The van der Waals surface area contributed by atoms with Crippen LogP contribution in [-0.2, 0) is 0 Å². The van der Waals surface area contributed by atoms with Crippen molar-refractivity contribution >= 4 is 64.9 Å². The van der Waals surface area contributed by atoms with Crippen LogP contribution < -0.4 is 0 Å². The van der Waals surface area contributed by atoms with Crippen LogP contribution >= 0.6 is 0 Å². The summed E-state index contributed by atoms with van der Waals surface area (Å²) in [6.45, 7) is 0. The first-order valence-corrected chi connectivity index (χ1v) is 10.1. The van der Waals surface area contributed by atoms with Crippen LogP contribution in [0.5, 0.6) is 0 Å². The highest BCUT2D eigenvalue weighted by Gasteiger charge is 2.15. The number of aromatic amines is 1. The van der Waals surface area contributed by atoms with Crippen LogP contribution in [0.4, 0.5) is 0 Å². The first-order chi connectivity index (χ1) is 14.4. The van der Waals surface area contributed by atoms with Gasteiger partial charge in [0.25, 0.3) is 0 Å². The first kappa shape index (κ1) is 15.1. The molecule has 134 valence electrons. The van der Waals surface area contributed by atoms with E-state index in [1.807, 2.05) is 0 Å². The monoisotopic (exact) mass is 367 g/mol. The maximum absolute atomic E-state index is 3.68. The van der Waals surface area contributed by atoms with Gasteiger partial charge in [-0.25, -0.2) is 0 Å². The summed E-state index contributed by atoms with van der Waals surface area (Å²) in [7, 11) is 0. The predicted octanol–water partition coefficient (Wildman–Crippen LogP) is 7.93. The third-order valence-corrected chi connectivity index (χ3v) is 6.36. The maximum Gasteiger partial charge on any atom is 0.0471 e. The summed E-state index contributed by atoms with van der Waals surface area (Å²) in [5.74, 6) is 0. The average Bonchev–Trinajstić information content (AvgIpc) is 3.18. The third kappa shape index (κ3) is 1.89. The molecule has 0 radical (unpaired) electrons. The number of H-pyrrole nitrogens is 1. The van der Waals surface area contributed by atoms with E-state index in [1.165, 1.54) is 64.9 Å². The highest BCUT2D eigenvalue weighted by atomic mass is 14.7. The molecule has 1 heteroatoms. The smallest absolute Gasteiger partial charge is 0.0471 e. The standard InChI is InChI=1S/C28H17N/c1-2-8-18-17(7-1)13-15-24-27(18)28-25(29-24)16-14-23-21-11-4-3-9-19(21)20-10-5-6-12-22(20)26(23)28/h1-16,29H. The Morgan fingerprint density at radius 3 is 1.62 bits per heavy atom. The van der Waals surface area contributed by atoms with E-state index in [9.17, 15) is 0 Å². The van der Waals surface area contributed by atoms with E-state index >= 15 is 0 Å². The van der Waals surface area contributed by atoms with E-state index in [-0.39, 0.29) is 0 Å². The molecule has 7 rings (SSSR count). The zero-order chi connectivity index (χ0) is 18.9. The Hall–Kier alpha value is -3.84. The molecule has 0 amide bonds. The fourth-order valence-corrected chi connectivity index (χ4v) is 5.15.